The van der Waals surface area contributed by atoms with Crippen molar-refractivity contribution in [2.24, 2.45) is 5.92 Å². The third-order valence-electron chi connectivity index (χ3n) is 3.78. The molecular formula is C13H25NO5S. The van der Waals surface area contributed by atoms with E-state index in [1.54, 1.807) is 0 Å². The maximum absolute atomic E-state index is 11.3. The molecule has 3 atom stereocenters. The molecule has 0 radical (unpaired) electrons. The zero-order valence-electron chi connectivity index (χ0n) is 11.8. The van der Waals surface area contributed by atoms with E-state index >= 15 is 0 Å². The van der Waals surface area contributed by atoms with Gasteiger partial charge in [0, 0.05) is 13.2 Å². The van der Waals surface area contributed by atoms with Crippen LogP contribution in [0.5, 0.6) is 0 Å². The fraction of sp³-hybridized carbons (Fsp3) is 1.00. The number of sulfone groups is 1. The molecule has 0 bridgehead atoms. The summed E-state index contributed by atoms with van der Waals surface area (Å²) in [5.74, 6) is 0.748. The van der Waals surface area contributed by atoms with Gasteiger partial charge in [-0.25, -0.2) is 8.42 Å². The molecule has 2 rings (SSSR count). The van der Waals surface area contributed by atoms with Crippen LogP contribution in [0.25, 0.3) is 0 Å². The van der Waals surface area contributed by atoms with Gasteiger partial charge >= 0.3 is 0 Å². The average molecular weight is 307 g/mol. The van der Waals surface area contributed by atoms with Gasteiger partial charge in [-0.3, -0.25) is 0 Å². The first-order valence-corrected chi connectivity index (χ1v) is 9.16. The minimum Gasteiger partial charge on any atom is -0.389 e. The first kappa shape index (κ1) is 16.2. The van der Waals surface area contributed by atoms with Crippen molar-refractivity contribution in [3.8, 4) is 0 Å². The van der Waals surface area contributed by atoms with Crippen LogP contribution in [-0.4, -0.2) is 70.1 Å². The van der Waals surface area contributed by atoms with Crippen LogP contribution in [0.4, 0.5) is 0 Å². The Balaban J connectivity index is 1.48. The van der Waals surface area contributed by atoms with Gasteiger partial charge in [0.1, 0.15) is 0 Å². The highest BCUT2D eigenvalue weighted by molar-refractivity contribution is 7.91. The van der Waals surface area contributed by atoms with Gasteiger partial charge in [0.15, 0.2) is 9.84 Å². The van der Waals surface area contributed by atoms with Crippen LogP contribution in [-0.2, 0) is 19.3 Å². The number of nitrogens with one attached hydrogen (secondary N) is 1. The summed E-state index contributed by atoms with van der Waals surface area (Å²) in [7, 11) is -2.81. The number of ether oxygens (including phenoxy) is 2. The molecule has 2 aliphatic heterocycles. The second kappa shape index (κ2) is 7.70. The van der Waals surface area contributed by atoms with Crippen molar-refractivity contribution in [3.63, 3.8) is 0 Å². The number of rotatable bonds is 8. The maximum Gasteiger partial charge on any atom is 0.150 e. The molecule has 2 aliphatic rings. The third kappa shape index (κ3) is 5.65. The van der Waals surface area contributed by atoms with Crippen molar-refractivity contribution >= 4 is 9.84 Å². The van der Waals surface area contributed by atoms with Crippen molar-refractivity contribution in [2.75, 3.05) is 44.4 Å². The molecule has 2 heterocycles. The van der Waals surface area contributed by atoms with Gasteiger partial charge in [-0.05, 0) is 31.7 Å². The molecule has 2 fully saturated rings. The lowest BCUT2D eigenvalue weighted by Crippen LogP contribution is -2.34. The van der Waals surface area contributed by atoms with E-state index < -0.39 is 15.9 Å². The quantitative estimate of drug-likeness (QED) is 0.633. The average Bonchev–Trinajstić information content (AvgIpc) is 2.99. The Labute approximate surface area is 120 Å². The van der Waals surface area contributed by atoms with Gasteiger partial charge in [0.05, 0.1) is 36.9 Å². The summed E-state index contributed by atoms with van der Waals surface area (Å²) in [5.41, 5.74) is 0. The highest BCUT2D eigenvalue weighted by atomic mass is 32.2. The van der Waals surface area contributed by atoms with E-state index in [0.29, 0.717) is 25.4 Å². The first-order chi connectivity index (χ1) is 9.55. The lowest BCUT2D eigenvalue weighted by molar-refractivity contribution is -0.0165. The molecule has 0 aliphatic carbocycles. The molecule has 0 aromatic rings. The summed E-state index contributed by atoms with van der Waals surface area (Å²) < 4.78 is 33.4. The Morgan fingerprint density at radius 3 is 2.90 bits per heavy atom. The minimum atomic E-state index is -2.81. The Kier molecular flexibility index (Phi) is 6.22. The monoisotopic (exact) mass is 307 g/mol. The normalized spacial score (nSPS) is 30.6. The fourth-order valence-electron chi connectivity index (χ4n) is 2.66. The van der Waals surface area contributed by atoms with E-state index in [9.17, 15) is 13.5 Å². The van der Waals surface area contributed by atoms with Crippen LogP contribution < -0.4 is 5.32 Å². The van der Waals surface area contributed by atoms with Gasteiger partial charge in [-0.15, -0.1) is 0 Å². The van der Waals surface area contributed by atoms with Gasteiger partial charge in [-0.2, -0.15) is 0 Å². The van der Waals surface area contributed by atoms with E-state index in [4.69, 9.17) is 9.47 Å². The molecular weight excluding hydrogens is 282 g/mol. The van der Waals surface area contributed by atoms with E-state index in [0.717, 1.165) is 25.9 Å². The highest BCUT2D eigenvalue weighted by Gasteiger charge is 2.27. The van der Waals surface area contributed by atoms with E-state index in [1.165, 1.54) is 0 Å². The molecule has 3 unspecified atom stereocenters. The zero-order chi connectivity index (χ0) is 14.4. The molecule has 0 aromatic heterocycles. The van der Waals surface area contributed by atoms with Gasteiger partial charge in [0.25, 0.3) is 0 Å². The van der Waals surface area contributed by atoms with Crippen molar-refractivity contribution < 1.29 is 23.0 Å². The number of aliphatic hydroxyl groups is 1. The molecule has 0 spiro atoms. The predicted octanol–water partition coefficient (Wildman–Crippen LogP) is -0.433. The van der Waals surface area contributed by atoms with E-state index in [1.807, 2.05) is 0 Å². The predicted molar refractivity (Wildman–Crippen MR) is 75.4 cm³/mol. The van der Waals surface area contributed by atoms with Crippen LogP contribution in [0.15, 0.2) is 0 Å². The first-order valence-electron chi connectivity index (χ1n) is 7.34. The van der Waals surface area contributed by atoms with E-state index in [2.05, 4.69) is 5.32 Å². The molecule has 0 amide bonds. The van der Waals surface area contributed by atoms with E-state index in [-0.39, 0.29) is 24.4 Å². The Morgan fingerprint density at radius 2 is 2.25 bits per heavy atom. The lowest BCUT2D eigenvalue weighted by atomic mass is 10.1. The Hall–Kier alpha value is -0.210. The summed E-state index contributed by atoms with van der Waals surface area (Å²) in [6.45, 7) is 2.71. The van der Waals surface area contributed by atoms with Crippen molar-refractivity contribution in [1.29, 1.82) is 0 Å². The van der Waals surface area contributed by atoms with Crippen LogP contribution in [0.1, 0.15) is 19.3 Å². The maximum atomic E-state index is 11.3. The number of hydrogen-bond donors (Lipinski definition) is 2. The summed E-state index contributed by atoms with van der Waals surface area (Å²) in [6.07, 6.45) is 2.46. The summed E-state index contributed by atoms with van der Waals surface area (Å²) in [5, 5.41) is 12.9. The van der Waals surface area contributed by atoms with Crippen LogP contribution in [0.3, 0.4) is 0 Å². The van der Waals surface area contributed by atoms with Crippen LogP contribution in [0.2, 0.25) is 0 Å². The molecule has 2 N–H and O–H groups in total. The van der Waals surface area contributed by atoms with Gasteiger partial charge in [0.2, 0.25) is 0 Å². The Morgan fingerprint density at radius 1 is 1.40 bits per heavy atom. The summed E-state index contributed by atoms with van der Waals surface area (Å²) in [4.78, 5) is 0. The smallest absolute Gasteiger partial charge is 0.150 e. The largest absolute Gasteiger partial charge is 0.389 e. The molecule has 6 nitrogen and oxygen atoms in total. The van der Waals surface area contributed by atoms with Crippen LogP contribution in [0, 0.1) is 5.92 Å². The van der Waals surface area contributed by atoms with Crippen LogP contribution >= 0.6 is 0 Å². The highest BCUT2D eigenvalue weighted by Crippen LogP contribution is 2.17. The molecule has 20 heavy (non-hydrogen) atoms. The molecule has 7 heteroatoms. The summed E-state index contributed by atoms with van der Waals surface area (Å²) in [6, 6.07) is 0. The molecule has 118 valence electrons. The lowest BCUT2D eigenvalue weighted by Gasteiger charge is -2.15. The summed E-state index contributed by atoms with van der Waals surface area (Å²) >= 11 is 0. The van der Waals surface area contributed by atoms with Crippen molar-refractivity contribution in [2.45, 2.75) is 31.5 Å². The second-order valence-corrected chi connectivity index (χ2v) is 7.98. The van der Waals surface area contributed by atoms with Crippen molar-refractivity contribution in [3.05, 3.63) is 0 Å². The van der Waals surface area contributed by atoms with Gasteiger partial charge in [-0.1, -0.05) is 0 Å². The number of aliphatic hydroxyl groups excluding tert-OH is 1. The minimum absolute atomic E-state index is 0.179. The Bertz CT molecular complexity index is 380. The second-order valence-electron chi connectivity index (χ2n) is 5.75. The molecule has 0 aromatic carbocycles. The standard InChI is InChI=1S/C13H25NO5S/c15-12(8-18-9-13-2-1-4-19-13)7-14-6-11-3-5-20(16,17)10-11/h11-15H,1-10H2. The number of hydrogen-bond acceptors (Lipinski definition) is 6. The van der Waals surface area contributed by atoms with Gasteiger partial charge < -0.3 is 19.9 Å². The molecule has 2 saturated heterocycles. The fourth-order valence-corrected chi connectivity index (χ4v) is 4.52. The molecule has 0 saturated carbocycles. The topological polar surface area (TPSA) is 84.9 Å². The van der Waals surface area contributed by atoms with Crippen molar-refractivity contribution in [1.82, 2.24) is 5.32 Å². The zero-order valence-corrected chi connectivity index (χ0v) is 12.6. The third-order valence-corrected chi connectivity index (χ3v) is 5.61. The SMILES string of the molecule is O=S1(=O)CCC(CNCC(O)COCC2CCCO2)C1.